The standard InChI is InChI=1S/C55H70N8O13S/c1-28(2)21-40(59-49(66)38(9-7-8-14-56)60-54(77)57-31-10-12-32(13-11-31)75-52-46(65)47(70-6)45(64)30(4)74-52)51(68)76-48-29(3)55(48)37-23-41-44-35(26-63(41)50(67)36(37)27-73-53(55)69)34(25-62-17-15-61(5)16-18-62)33-22-42-43(24-39(33)58-44)72-20-19-71-42/h10-13,22-24,28-30,38,40,45-48,52,64-65H,7-9,14-21,25-27,56H2,1-6H3,(H,59,66)(H2,57,60,77)/t29-,30-,38-,40-,45+,46-,47+,48?,52+,55+/m0/s1. The lowest BCUT2D eigenvalue weighted by molar-refractivity contribution is -0.272. The van der Waals surface area contributed by atoms with Crippen molar-refractivity contribution in [3.8, 4) is 28.6 Å². The number of amides is 1. The summed E-state index contributed by atoms with van der Waals surface area (Å²) < 4.78 is 42.7. The number of aliphatic hydroxyl groups excluding tert-OH is 2. The van der Waals surface area contributed by atoms with Crippen LogP contribution in [0.3, 0.4) is 0 Å². The first-order chi connectivity index (χ1) is 37.0. The number of ether oxygens (including phenoxy) is 7. The Labute approximate surface area is 452 Å². The third-order valence-corrected chi connectivity index (χ3v) is 16.2. The second-order valence-electron chi connectivity index (χ2n) is 21.6. The van der Waals surface area contributed by atoms with Gasteiger partial charge < -0.3 is 74.5 Å². The molecule has 3 fully saturated rings. The molecule has 2 aromatic carbocycles. The maximum absolute atomic E-state index is 14.8. The number of piperazine rings is 1. The summed E-state index contributed by atoms with van der Waals surface area (Å²) in [5, 5.41) is 31.3. The van der Waals surface area contributed by atoms with Gasteiger partial charge in [0.2, 0.25) is 12.2 Å². The number of likely N-dealkylation sites (N-methyl/N-ethyl adjacent to an activating group) is 1. The Morgan fingerprint density at radius 3 is 2.38 bits per heavy atom. The van der Waals surface area contributed by atoms with E-state index in [1.54, 1.807) is 42.7 Å². The number of nitrogens with zero attached hydrogens (tertiary/aromatic N) is 4. The topological polar surface area (TPSA) is 260 Å². The van der Waals surface area contributed by atoms with Crippen molar-refractivity contribution in [2.75, 3.05) is 65.4 Å². The predicted molar refractivity (Wildman–Crippen MR) is 286 cm³/mol. The van der Waals surface area contributed by atoms with Gasteiger partial charge in [-0.25, -0.2) is 9.78 Å². The number of hydrogen-bond donors (Lipinski definition) is 6. The molecule has 1 spiro atoms. The lowest BCUT2D eigenvalue weighted by Crippen LogP contribution is -2.59. The van der Waals surface area contributed by atoms with E-state index < -0.39 is 78.1 Å². The van der Waals surface area contributed by atoms with Crippen molar-refractivity contribution in [1.82, 2.24) is 30.0 Å². The van der Waals surface area contributed by atoms with E-state index in [0.717, 1.165) is 42.7 Å². The van der Waals surface area contributed by atoms with E-state index in [1.165, 1.54) is 7.11 Å². The number of aromatic nitrogens is 2. The van der Waals surface area contributed by atoms with Crippen molar-refractivity contribution in [3.05, 3.63) is 75.1 Å². The molecule has 2 saturated heterocycles. The Balaban J connectivity index is 0.863. The molecule has 10 atom stereocenters. The van der Waals surface area contributed by atoms with Gasteiger partial charge in [-0.2, -0.15) is 0 Å². The maximum atomic E-state index is 14.8. The van der Waals surface area contributed by atoms with Gasteiger partial charge in [-0.1, -0.05) is 20.8 Å². The highest BCUT2D eigenvalue weighted by Gasteiger charge is 2.74. The number of pyridine rings is 2. The second kappa shape index (κ2) is 22.4. The van der Waals surface area contributed by atoms with Crippen LogP contribution in [0.15, 0.2) is 47.3 Å². The first-order valence-electron chi connectivity index (χ1n) is 26.7. The average molecular weight is 1080 g/mol. The highest BCUT2D eigenvalue weighted by molar-refractivity contribution is 7.80. The number of anilines is 1. The van der Waals surface area contributed by atoms with Crippen LogP contribution in [0, 0.1) is 11.8 Å². The molecule has 6 aliphatic rings. The Kier molecular flexibility index (Phi) is 15.8. The minimum Gasteiger partial charge on any atom is -0.486 e. The summed E-state index contributed by atoms with van der Waals surface area (Å²) in [7, 11) is 3.51. The minimum absolute atomic E-state index is 0.0569. The molecule has 414 valence electrons. The Bertz CT molecular complexity index is 2970. The summed E-state index contributed by atoms with van der Waals surface area (Å²) in [4.78, 5) is 67.7. The third-order valence-electron chi connectivity index (χ3n) is 16.0. The van der Waals surface area contributed by atoms with Crippen LogP contribution in [-0.4, -0.2) is 162 Å². The van der Waals surface area contributed by atoms with Crippen LogP contribution in [0.4, 0.5) is 5.69 Å². The van der Waals surface area contributed by atoms with Crippen LogP contribution < -0.4 is 41.5 Å². The fourth-order valence-electron chi connectivity index (χ4n) is 11.6. The summed E-state index contributed by atoms with van der Waals surface area (Å²) in [6, 6.07) is 10.5. The number of rotatable bonds is 17. The number of unbranched alkanes of at least 4 members (excludes halogenated alkanes) is 1. The third kappa shape index (κ3) is 10.6. The molecule has 1 amide bonds. The molecule has 1 unspecified atom stereocenters. The Hall–Kier alpha value is -5.98. The van der Waals surface area contributed by atoms with Crippen molar-refractivity contribution in [2.45, 2.75) is 127 Å². The van der Waals surface area contributed by atoms with E-state index in [0.29, 0.717) is 96.5 Å². The van der Waals surface area contributed by atoms with Gasteiger partial charge in [-0.15, -0.1) is 0 Å². The van der Waals surface area contributed by atoms with Gasteiger partial charge in [0.05, 0.1) is 35.1 Å². The molecule has 7 N–H and O–H groups in total. The normalized spacial score (nSPS) is 26.3. The molecule has 0 bridgehead atoms. The number of benzene rings is 2. The molecule has 5 aliphatic heterocycles. The minimum atomic E-state index is -1.47. The van der Waals surface area contributed by atoms with E-state index in [-0.39, 0.29) is 36.2 Å². The van der Waals surface area contributed by atoms with Gasteiger partial charge in [0.25, 0.3) is 5.56 Å². The largest absolute Gasteiger partial charge is 0.486 e. The summed E-state index contributed by atoms with van der Waals surface area (Å²) in [6.07, 6.45) is -4.13. The zero-order valence-electron chi connectivity index (χ0n) is 44.4. The first kappa shape index (κ1) is 54.4. The number of carbonyl (C=O) groups is 3. The van der Waals surface area contributed by atoms with Crippen molar-refractivity contribution in [1.29, 1.82) is 0 Å². The van der Waals surface area contributed by atoms with Crippen LogP contribution >= 0.6 is 12.2 Å². The zero-order chi connectivity index (χ0) is 54.4. The molecular weight excluding hydrogens is 1010 g/mol. The number of aliphatic hydroxyl groups is 2. The fourth-order valence-corrected chi connectivity index (χ4v) is 11.8. The number of nitrogens with two attached hydrogens (primary N) is 1. The summed E-state index contributed by atoms with van der Waals surface area (Å²) in [5.41, 5.74) is 9.31. The van der Waals surface area contributed by atoms with Crippen molar-refractivity contribution >= 4 is 51.8 Å². The SMILES string of the molecule is CO[C@H]1[C@H](O)[C@@H](Oc2ccc(NC(=S)N[C@@H](CCCCN)C(=O)N[C@@H](CC(C)C)C(=O)OC3[C@H](C)[C@]34C(=O)OCc3c4cc4n(c3=O)Cc3c-4nc4cc5c(cc4c3CN3CCN(C)CC3)OCCO5)cc2)O[C@@H](C)[C@H]1O. The molecule has 2 aromatic heterocycles. The van der Waals surface area contributed by atoms with Crippen LogP contribution in [0.1, 0.15) is 75.6 Å². The van der Waals surface area contributed by atoms with Crippen molar-refractivity contribution in [3.63, 3.8) is 0 Å². The smallest absolute Gasteiger partial charge is 0.328 e. The van der Waals surface area contributed by atoms with E-state index in [9.17, 15) is 29.4 Å². The molecule has 1 saturated carbocycles. The fraction of sp³-hybridized carbons (Fsp3) is 0.564. The molecule has 22 heteroatoms. The Morgan fingerprint density at radius 2 is 1.68 bits per heavy atom. The highest BCUT2D eigenvalue weighted by atomic mass is 32.1. The number of cyclic esters (lactones) is 1. The summed E-state index contributed by atoms with van der Waals surface area (Å²) >= 11 is 5.69. The molecule has 21 nitrogen and oxygen atoms in total. The molecule has 1 aliphatic carbocycles. The monoisotopic (exact) mass is 1080 g/mol. The van der Waals surface area contributed by atoms with Gasteiger partial charge in [0, 0.05) is 68.5 Å². The molecule has 7 heterocycles. The van der Waals surface area contributed by atoms with Gasteiger partial charge >= 0.3 is 11.9 Å². The van der Waals surface area contributed by atoms with Gasteiger partial charge in [-0.05, 0) is 112 Å². The number of thiocarbonyl (C=S) groups is 1. The van der Waals surface area contributed by atoms with Crippen molar-refractivity contribution < 1.29 is 57.8 Å². The van der Waals surface area contributed by atoms with Crippen LogP contribution in [0.5, 0.6) is 17.2 Å². The number of carbonyl (C=O) groups excluding carboxylic acids is 3. The molecular formula is C55H70N8O13S. The molecule has 10 rings (SSSR count). The lowest BCUT2D eigenvalue weighted by atomic mass is 9.87. The van der Waals surface area contributed by atoms with E-state index in [4.69, 9.17) is 56.1 Å². The second-order valence-corrected chi connectivity index (χ2v) is 22.0. The summed E-state index contributed by atoms with van der Waals surface area (Å²) in [5.74, 6) is -0.800. The maximum Gasteiger partial charge on any atom is 0.328 e. The summed E-state index contributed by atoms with van der Waals surface area (Å²) in [6.45, 7) is 12.9. The van der Waals surface area contributed by atoms with Crippen LogP contribution in [0.2, 0.25) is 0 Å². The van der Waals surface area contributed by atoms with Gasteiger partial charge in [0.1, 0.15) is 67.5 Å². The average Bonchev–Trinajstić information content (AvgIpc) is 4.02. The van der Waals surface area contributed by atoms with E-state index in [1.807, 2.05) is 32.0 Å². The highest BCUT2D eigenvalue weighted by Crippen LogP contribution is 2.60. The molecule has 0 radical (unpaired) electrons. The van der Waals surface area contributed by atoms with Crippen molar-refractivity contribution in [2.24, 2.45) is 17.6 Å². The lowest BCUT2D eigenvalue weighted by Gasteiger charge is -2.40. The zero-order valence-corrected chi connectivity index (χ0v) is 45.2. The van der Waals surface area contributed by atoms with Gasteiger partial charge in [0.15, 0.2) is 16.6 Å². The van der Waals surface area contributed by atoms with E-state index >= 15 is 0 Å². The van der Waals surface area contributed by atoms with E-state index in [2.05, 4.69) is 32.8 Å². The number of esters is 2. The molecule has 77 heavy (non-hydrogen) atoms. The number of hydrogen-bond acceptors (Lipinski definition) is 18. The molecule has 4 aromatic rings. The number of nitrogens with one attached hydrogen (secondary N) is 3. The van der Waals surface area contributed by atoms with Crippen LogP contribution in [-0.2, 0) is 58.4 Å². The Morgan fingerprint density at radius 1 is 0.948 bits per heavy atom. The quantitative estimate of drug-likeness (QED) is 0.0444. The number of methoxy groups -OCH3 is 1. The first-order valence-corrected chi connectivity index (χ1v) is 27.1. The number of fused-ring (bicyclic) bond motifs is 7. The van der Waals surface area contributed by atoms with Gasteiger partial charge in [-0.3, -0.25) is 19.3 Å². The predicted octanol–water partition coefficient (Wildman–Crippen LogP) is 2.68. The van der Waals surface area contributed by atoms with Crippen LogP contribution in [0.25, 0.3) is 22.3 Å².